The van der Waals surface area contributed by atoms with Gasteiger partial charge < -0.3 is 5.48 Å². The van der Waals surface area contributed by atoms with Crippen molar-refractivity contribution in [2.24, 2.45) is 0 Å². The summed E-state index contributed by atoms with van der Waals surface area (Å²) in [6, 6.07) is 0. The van der Waals surface area contributed by atoms with Crippen molar-refractivity contribution in [3.05, 3.63) is 0 Å². The van der Waals surface area contributed by atoms with Crippen LogP contribution in [0.15, 0.2) is 0 Å². The van der Waals surface area contributed by atoms with Crippen molar-refractivity contribution in [1.29, 1.82) is 0 Å². The van der Waals surface area contributed by atoms with Crippen LogP contribution in [0.25, 0.3) is 0 Å². The van der Waals surface area contributed by atoms with Crippen molar-refractivity contribution in [1.82, 2.24) is 0 Å². The smallest absolute Gasteiger partial charge is 0 e. The fraction of sp³-hybridized carbons (Fsp3) is 0. The van der Waals surface area contributed by atoms with Crippen molar-refractivity contribution < 1.29 is 52.3 Å². The van der Waals surface area contributed by atoms with Crippen LogP contribution in [-0.2, 0) is 46.8 Å². The zero-order valence-electron chi connectivity index (χ0n) is 2.41. The molecule has 0 unspecified atom stereocenters. The molecule has 0 saturated carbocycles. The summed E-state index contributed by atoms with van der Waals surface area (Å²) in [7, 11) is 0. The summed E-state index contributed by atoms with van der Waals surface area (Å²) >= 11 is 0. The van der Waals surface area contributed by atoms with E-state index in [0.29, 0.717) is 0 Å². The Hall–Kier alpha value is 1.86. The van der Waals surface area contributed by atoms with Crippen LogP contribution >= 0.6 is 13.5 Å². The second-order valence-corrected chi connectivity index (χ2v) is 0. The molecule has 0 spiro atoms. The molecule has 0 aliphatic rings. The van der Waals surface area contributed by atoms with Crippen molar-refractivity contribution in [3.8, 4) is 0 Å². The Morgan fingerprint density at radius 3 is 1.00 bits per heavy atom. The molecule has 0 aliphatic carbocycles. The maximum absolute atomic E-state index is 0. The molecule has 0 fully saturated rings. The van der Waals surface area contributed by atoms with E-state index in [0.717, 1.165) is 0 Å². The summed E-state index contributed by atoms with van der Waals surface area (Å²) in [6.07, 6.45) is 0. The van der Waals surface area contributed by atoms with E-state index in [1.165, 1.54) is 0 Å². The summed E-state index contributed by atoms with van der Waals surface area (Å²) in [6.45, 7) is 0. The van der Waals surface area contributed by atoms with E-state index in [1.807, 2.05) is 0 Å². The second kappa shape index (κ2) is 21.0. The summed E-state index contributed by atoms with van der Waals surface area (Å²) in [5, 5.41) is 0. The van der Waals surface area contributed by atoms with Crippen molar-refractivity contribution >= 4 is 13.5 Å². The van der Waals surface area contributed by atoms with Gasteiger partial charge in [-0.2, -0.15) is 13.5 Å². The van der Waals surface area contributed by atoms with Gasteiger partial charge in [0, 0.05) is 46.8 Å². The Balaban J connectivity index is 0. The van der Waals surface area contributed by atoms with Crippen LogP contribution in [-0.4, -0.2) is 5.48 Å². The zero-order valence-corrected chi connectivity index (χ0v) is 10.4. The monoisotopic (exact) mass is 230 g/mol. The Morgan fingerprint density at radius 2 is 1.00 bits per heavy atom. The first kappa shape index (κ1) is 40.1. The molecule has 1 nitrogen and oxygen atoms in total. The summed E-state index contributed by atoms with van der Waals surface area (Å²) < 4.78 is 0. The van der Waals surface area contributed by atoms with Gasteiger partial charge in [-0.25, -0.2) is 0 Å². The summed E-state index contributed by atoms with van der Waals surface area (Å²) in [5.74, 6) is 0. The average molecular weight is 230 g/mol. The van der Waals surface area contributed by atoms with Gasteiger partial charge in [0.1, 0.15) is 0 Å². The maximum atomic E-state index is 0. The second-order valence-electron chi connectivity index (χ2n) is 0. The van der Waals surface area contributed by atoms with Crippen molar-refractivity contribution in [3.63, 3.8) is 0 Å². The molecule has 0 amide bonds. The Labute approximate surface area is 65.2 Å². The molecular formula is H4CdOSZn. The molecule has 0 aromatic rings. The van der Waals surface area contributed by atoms with Gasteiger partial charge in [0.25, 0.3) is 0 Å². The summed E-state index contributed by atoms with van der Waals surface area (Å²) in [5.41, 5.74) is 0. The first-order valence-corrected chi connectivity index (χ1v) is 0. The standard InChI is InChI=1S/Cd.H2O.H2S.Zn/h;2*1H2;. The third kappa shape index (κ3) is 9.13. The average Bonchev–Trinajstić information content (AvgIpc) is 0. The molecule has 20 valence electrons. The fourth-order valence-electron chi connectivity index (χ4n) is 0. The fourth-order valence-corrected chi connectivity index (χ4v) is 0. The molecule has 0 atom stereocenters. The molecule has 0 rings (SSSR count). The van der Waals surface area contributed by atoms with Gasteiger partial charge in [0.05, 0.1) is 0 Å². The van der Waals surface area contributed by atoms with Gasteiger partial charge in [0.15, 0.2) is 0 Å². The molecule has 4 heavy (non-hydrogen) atoms. The van der Waals surface area contributed by atoms with Crippen LogP contribution in [0.4, 0.5) is 0 Å². The van der Waals surface area contributed by atoms with E-state index < -0.39 is 0 Å². The molecule has 2 N–H and O–H groups in total. The first-order valence-electron chi connectivity index (χ1n) is 0. The molecule has 0 bridgehead atoms. The topological polar surface area (TPSA) is 31.5 Å². The zero-order chi connectivity index (χ0) is 0. The molecule has 0 aromatic carbocycles. The van der Waals surface area contributed by atoms with E-state index in [1.54, 1.807) is 0 Å². The molecule has 0 heterocycles. The van der Waals surface area contributed by atoms with E-state index in [9.17, 15) is 0 Å². The largest absolute Gasteiger partial charge is 0.412 e. The molecule has 0 saturated heterocycles. The molecule has 4 heteroatoms. The SMILES string of the molecule is O.S.[Cd].[Zn]. The van der Waals surface area contributed by atoms with Crippen LogP contribution in [0.3, 0.4) is 0 Å². The Kier molecular flexibility index (Phi) is 210. The molecular weight excluding hydrogens is 226 g/mol. The normalized spacial score (nSPS) is 0. The van der Waals surface area contributed by atoms with Crippen LogP contribution < -0.4 is 0 Å². The van der Waals surface area contributed by atoms with E-state index >= 15 is 0 Å². The maximum Gasteiger partial charge on any atom is 0 e. The third-order valence-electron chi connectivity index (χ3n) is 0. The van der Waals surface area contributed by atoms with Gasteiger partial charge in [-0.3, -0.25) is 0 Å². The quantitative estimate of drug-likeness (QED) is 0.492. The predicted molar refractivity (Wildman–Crippen MR) is 14.0 cm³/mol. The summed E-state index contributed by atoms with van der Waals surface area (Å²) in [4.78, 5) is 0. The predicted octanol–water partition coefficient (Wildman–Crippen LogP) is -0.717. The van der Waals surface area contributed by atoms with Crippen molar-refractivity contribution in [2.75, 3.05) is 0 Å². The van der Waals surface area contributed by atoms with Gasteiger partial charge in [-0.05, 0) is 0 Å². The van der Waals surface area contributed by atoms with E-state index in [-0.39, 0.29) is 65.7 Å². The molecule has 0 radical (unpaired) electrons. The van der Waals surface area contributed by atoms with Gasteiger partial charge in [0.2, 0.25) is 0 Å². The van der Waals surface area contributed by atoms with Crippen molar-refractivity contribution in [2.45, 2.75) is 0 Å². The van der Waals surface area contributed by atoms with Gasteiger partial charge >= 0.3 is 0 Å². The molecule has 0 aliphatic heterocycles. The van der Waals surface area contributed by atoms with Crippen LogP contribution in [0.1, 0.15) is 0 Å². The Bertz CT molecular complexity index is 8.00. The van der Waals surface area contributed by atoms with E-state index in [2.05, 4.69) is 0 Å². The minimum absolute atomic E-state index is 0. The minimum Gasteiger partial charge on any atom is -0.412 e. The van der Waals surface area contributed by atoms with Gasteiger partial charge in [-0.1, -0.05) is 0 Å². The minimum atomic E-state index is 0. The number of hydrogen-bond donors (Lipinski definition) is 0. The number of rotatable bonds is 0. The third-order valence-corrected chi connectivity index (χ3v) is 0. The van der Waals surface area contributed by atoms with Gasteiger partial charge in [-0.15, -0.1) is 0 Å². The first-order chi connectivity index (χ1) is 0. The van der Waals surface area contributed by atoms with Crippen LogP contribution in [0, 0.1) is 0 Å². The Morgan fingerprint density at radius 1 is 1.00 bits per heavy atom. The number of hydrogen-bond acceptors (Lipinski definition) is 0. The molecule has 0 aromatic heterocycles. The van der Waals surface area contributed by atoms with E-state index in [4.69, 9.17) is 0 Å². The van der Waals surface area contributed by atoms with Crippen LogP contribution in [0.2, 0.25) is 0 Å². The van der Waals surface area contributed by atoms with Crippen LogP contribution in [0.5, 0.6) is 0 Å².